The Morgan fingerprint density at radius 1 is 1.39 bits per heavy atom. The second kappa shape index (κ2) is 5.70. The summed E-state index contributed by atoms with van der Waals surface area (Å²) in [4.78, 5) is 12.7. The van der Waals surface area contributed by atoms with E-state index in [1.54, 1.807) is 10.9 Å². The van der Waals surface area contributed by atoms with Gasteiger partial charge in [0.25, 0.3) is 0 Å². The zero-order chi connectivity index (χ0) is 15.8. The van der Waals surface area contributed by atoms with E-state index in [-0.39, 0.29) is 24.0 Å². The highest BCUT2D eigenvalue weighted by molar-refractivity contribution is 5.80. The van der Waals surface area contributed by atoms with E-state index in [1.807, 2.05) is 37.5 Å². The number of rotatable bonds is 3. The van der Waals surface area contributed by atoms with Gasteiger partial charge in [0.1, 0.15) is 12.4 Å². The Labute approximate surface area is 134 Å². The molecular weight excluding hydrogens is 294 g/mol. The molecular formula is C17H19N3O3. The summed E-state index contributed by atoms with van der Waals surface area (Å²) in [6.07, 6.45) is 4.18. The first kappa shape index (κ1) is 14.3. The van der Waals surface area contributed by atoms with Crippen LogP contribution in [-0.2, 0) is 16.6 Å². The van der Waals surface area contributed by atoms with E-state index >= 15 is 0 Å². The summed E-state index contributed by atoms with van der Waals surface area (Å²) in [6, 6.07) is 7.74. The van der Waals surface area contributed by atoms with Crippen molar-refractivity contribution in [2.45, 2.75) is 18.6 Å². The van der Waals surface area contributed by atoms with Crippen LogP contribution in [0.15, 0.2) is 36.7 Å². The molecule has 1 aromatic carbocycles. The fraction of sp³-hybridized carbons (Fsp3) is 0.412. The Kier molecular flexibility index (Phi) is 3.53. The maximum absolute atomic E-state index is 12.7. The van der Waals surface area contributed by atoms with Gasteiger partial charge in [-0.25, -0.2) is 0 Å². The molecule has 1 aromatic heterocycles. The van der Waals surface area contributed by atoms with Crippen LogP contribution in [0.5, 0.6) is 5.75 Å². The molecule has 0 bridgehead atoms. The fourth-order valence-electron chi connectivity index (χ4n) is 3.33. The van der Waals surface area contributed by atoms with Crippen molar-refractivity contribution in [1.82, 2.24) is 15.1 Å². The second-order valence-electron chi connectivity index (χ2n) is 6.04. The summed E-state index contributed by atoms with van der Waals surface area (Å²) in [7, 11) is 1.86. The van der Waals surface area contributed by atoms with Crippen molar-refractivity contribution < 1.29 is 14.3 Å². The first-order valence-corrected chi connectivity index (χ1v) is 7.84. The Balaban J connectivity index is 1.49. The number of aromatic nitrogens is 2. The number of hydrogen-bond acceptors (Lipinski definition) is 4. The average Bonchev–Trinajstić information content (AvgIpc) is 3.26. The molecule has 6 nitrogen and oxygen atoms in total. The fourth-order valence-corrected chi connectivity index (χ4v) is 3.33. The van der Waals surface area contributed by atoms with E-state index < -0.39 is 0 Å². The normalized spacial score (nSPS) is 25.9. The largest absolute Gasteiger partial charge is 0.491 e. The van der Waals surface area contributed by atoms with Gasteiger partial charge in [-0.3, -0.25) is 9.48 Å². The average molecular weight is 313 g/mol. The number of aryl methyl sites for hydroxylation is 1. The first-order valence-electron chi connectivity index (χ1n) is 7.84. The Morgan fingerprint density at radius 2 is 2.26 bits per heavy atom. The zero-order valence-corrected chi connectivity index (χ0v) is 12.9. The van der Waals surface area contributed by atoms with E-state index in [1.165, 1.54) is 0 Å². The number of nitrogens with one attached hydrogen (secondary N) is 1. The summed E-state index contributed by atoms with van der Waals surface area (Å²) in [5.41, 5.74) is 1.99. The van der Waals surface area contributed by atoms with Gasteiger partial charge < -0.3 is 14.8 Å². The number of benzene rings is 1. The number of ether oxygens (including phenoxy) is 2. The van der Waals surface area contributed by atoms with Crippen LogP contribution in [0.25, 0.3) is 0 Å². The molecule has 4 rings (SSSR count). The Morgan fingerprint density at radius 3 is 3.09 bits per heavy atom. The molecule has 0 aliphatic carbocycles. The molecule has 1 unspecified atom stereocenters. The van der Waals surface area contributed by atoms with E-state index in [9.17, 15) is 4.79 Å². The number of carbonyl (C=O) groups is 1. The van der Waals surface area contributed by atoms with Crippen LogP contribution in [0.2, 0.25) is 0 Å². The molecule has 6 heteroatoms. The molecule has 3 heterocycles. The zero-order valence-electron chi connectivity index (χ0n) is 12.9. The van der Waals surface area contributed by atoms with Crippen molar-refractivity contribution in [2.75, 3.05) is 13.2 Å². The molecule has 1 saturated heterocycles. The van der Waals surface area contributed by atoms with Gasteiger partial charge in [0.15, 0.2) is 0 Å². The standard InChI is InChI=1S/C17H19N3O3/c1-20-9-11(8-18-20)16-13(6-7-22-16)17(21)19-14-10-23-15-5-3-2-4-12(14)15/h2-5,8-9,13-14,16H,6-7,10H2,1H3,(H,19,21)/t13-,14?,16+/m0/s1. The number of nitrogens with zero attached hydrogens (tertiary/aromatic N) is 2. The van der Waals surface area contributed by atoms with Gasteiger partial charge in [-0.1, -0.05) is 18.2 Å². The van der Waals surface area contributed by atoms with Crippen molar-refractivity contribution in [1.29, 1.82) is 0 Å². The summed E-state index contributed by atoms with van der Waals surface area (Å²) in [6.45, 7) is 1.08. The SMILES string of the molecule is Cn1cc([C@H]2OCC[C@@H]2C(=O)NC2COc3ccccc32)cn1. The lowest BCUT2D eigenvalue weighted by Crippen LogP contribution is -2.35. The van der Waals surface area contributed by atoms with Crippen LogP contribution in [0, 0.1) is 5.92 Å². The predicted octanol–water partition coefficient (Wildman–Crippen LogP) is 1.75. The molecule has 0 radical (unpaired) electrons. The number of carbonyl (C=O) groups excluding carboxylic acids is 1. The lowest BCUT2D eigenvalue weighted by Gasteiger charge is -2.19. The van der Waals surface area contributed by atoms with Gasteiger partial charge in [-0.05, 0) is 12.5 Å². The van der Waals surface area contributed by atoms with Crippen LogP contribution in [0.3, 0.4) is 0 Å². The van der Waals surface area contributed by atoms with Gasteiger partial charge in [0, 0.05) is 31.0 Å². The quantitative estimate of drug-likeness (QED) is 0.937. The molecule has 1 N–H and O–H groups in total. The number of hydrogen-bond donors (Lipinski definition) is 1. The first-order chi connectivity index (χ1) is 11.2. The van der Waals surface area contributed by atoms with E-state index in [0.29, 0.717) is 13.2 Å². The molecule has 2 aromatic rings. The third-order valence-corrected chi connectivity index (χ3v) is 4.50. The van der Waals surface area contributed by atoms with Crippen molar-refractivity contribution >= 4 is 5.91 Å². The molecule has 0 saturated carbocycles. The molecule has 120 valence electrons. The van der Waals surface area contributed by atoms with Crippen LogP contribution >= 0.6 is 0 Å². The van der Waals surface area contributed by atoms with E-state index in [2.05, 4.69) is 10.4 Å². The highest BCUT2D eigenvalue weighted by Crippen LogP contribution is 2.36. The Bertz CT molecular complexity index is 727. The van der Waals surface area contributed by atoms with Crippen LogP contribution in [0.1, 0.15) is 29.7 Å². The van der Waals surface area contributed by atoms with Gasteiger partial charge in [0.05, 0.1) is 24.3 Å². The van der Waals surface area contributed by atoms with Gasteiger partial charge in [-0.2, -0.15) is 5.10 Å². The maximum atomic E-state index is 12.7. The molecule has 3 atom stereocenters. The van der Waals surface area contributed by atoms with Gasteiger partial charge in [0.2, 0.25) is 5.91 Å². The van der Waals surface area contributed by atoms with E-state index in [0.717, 1.165) is 23.3 Å². The number of fused-ring (bicyclic) bond motifs is 1. The summed E-state index contributed by atoms with van der Waals surface area (Å²) < 4.78 is 13.1. The molecule has 1 fully saturated rings. The lowest BCUT2D eigenvalue weighted by molar-refractivity contribution is -0.127. The Hall–Kier alpha value is -2.34. The number of amides is 1. The summed E-state index contributed by atoms with van der Waals surface area (Å²) in [5, 5.41) is 7.29. The topological polar surface area (TPSA) is 65.4 Å². The highest BCUT2D eigenvalue weighted by atomic mass is 16.5. The van der Waals surface area contributed by atoms with Gasteiger partial charge >= 0.3 is 0 Å². The minimum atomic E-state index is -0.221. The maximum Gasteiger partial charge on any atom is 0.226 e. The minimum Gasteiger partial charge on any atom is -0.491 e. The van der Waals surface area contributed by atoms with E-state index in [4.69, 9.17) is 9.47 Å². The predicted molar refractivity (Wildman–Crippen MR) is 82.8 cm³/mol. The third kappa shape index (κ3) is 2.59. The second-order valence-corrected chi connectivity index (χ2v) is 6.04. The van der Waals surface area contributed by atoms with Crippen molar-refractivity contribution in [2.24, 2.45) is 13.0 Å². The third-order valence-electron chi connectivity index (χ3n) is 4.50. The van der Waals surface area contributed by atoms with Gasteiger partial charge in [-0.15, -0.1) is 0 Å². The van der Waals surface area contributed by atoms with Crippen molar-refractivity contribution in [3.63, 3.8) is 0 Å². The number of para-hydroxylation sites is 1. The summed E-state index contributed by atoms with van der Waals surface area (Å²) >= 11 is 0. The molecule has 1 amide bonds. The van der Waals surface area contributed by atoms with Crippen LogP contribution in [0.4, 0.5) is 0 Å². The van der Waals surface area contributed by atoms with Crippen molar-refractivity contribution in [3.05, 3.63) is 47.8 Å². The molecule has 23 heavy (non-hydrogen) atoms. The van der Waals surface area contributed by atoms with Crippen molar-refractivity contribution in [3.8, 4) is 5.75 Å². The molecule has 2 aliphatic rings. The van der Waals surface area contributed by atoms with Crippen LogP contribution in [-0.4, -0.2) is 28.9 Å². The highest BCUT2D eigenvalue weighted by Gasteiger charge is 2.37. The van der Waals surface area contributed by atoms with Crippen LogP contribution < -0.4 is 10.1 Å². The lowest BCUT2D eigenvalue weighted by atomic mass is 9.95. The monoisotopic (exact) mass is 313 g/mol. The summed E-state index contributed by atoms with van der Waals surface area (Å²) in [5.74, 6) is 0.679. The minimum absolute atomic E-state index is 0.0154. The molecule has 0 spiro atoms. The molecule has 2 aliphatic heterocycles. The smallest absolute Gasteiger partial charge is 0.226 e.